The normalized spacial score (nSPS) is 23.1. The van der Waals surface area contributed by atoms with Gasteiger partial charge in [0, 0.05) is 24.1 Å². The first-order valence-electron chi connectivity index (χ1n) is 9.26. The molecule has 1 aliphatic rings. The molecule has 1 aromatic heterocycles. The molecule has 0 spiro atoms. The van der Waals surface area contributed by atoms with E-state index in [2.05, 4.69) is 19.7 Å². The third-order valence-corrected chi connectivity index (χ3v) is 5.30. The number of halogens is 3. The summed E-state index contributed by atoms with van der Waals surface area (Å²) in [6.45, 7) is -0.167. The molecule has 0 radical (unpaired) electrons. The van der Waals surface area contributed by atoms with Gasteiger partial charge in [0.1, 0.15) is 24.0 Å². The van der Waals surface area contributed by atoms with Gasteiger partial charge in [-0.1, -0.05) is 23.7 Å². The molecule has 31 heavy (non-hydrogen) atoms. The number of ketones is 1. The molecule has 8 nitrogen and oxygen atoms in total. The minimum absolute atomic E-state index is 0.0157. The van der Waals surface area contributed by atoms with Gasteiger partial charge >= 0.3 is 0 Å². The van der Waals surface area contributed by atoms with Crippen molar-refractivity contribution in [1.82, 2.24) is 9.97 Å². The molecular formula is C20H21ClF2N4O4. The quantitative estimate of drug-likeness (QED) is 0.611. The Bertz CT molecular complexity index is 976. The van der Waals surface area contributed by atoms with Gasteiger partial charge < -0.3 is 19.9 Å². The number of alkyl halides is 2. The lowest BCUT2D eigenvalue weighted by molar-refractivity contribution is -0.0697. The number of Topliss-reactive ketones (excluding diaryl/α,β-unsaturated/α-hetero) is 1. The van der Waals surface area contributed by atoms with E-state index in [1.807, 2.05) is 0 Å². The van der Waals surface area contributed by atoms with Crippen molar-refractivity contribution < 1.29 is 27.8 Å². The maximum Gasteiger partial charge on any atom is 0.283 e. The van der Waals surface area contributed by atoms with Gasteiger partial charge in [-0.05, 0) is 18.6 Å². The van der Waals surface area contributed by atoms with Gasteiger partial charge in [-0.2, -0.15) is 0 Å². The SMILES string of the molecule is CO[C@H]1[C@@H](CF)OC(N)=N[C@]1(C)c1cc(CC(=O)c2cnc(OCF)cn2)ccc1Cl. The fourth-order valence-electron chi connectivity index (χ4n) is 3.54. The summed E-state index contributed by atoms with van der Waals surface area (Å²) in [5, 5.41) is 0.351. The molecule has 0 saturated carbocycles. The number of aliphatic imine (C=N–C) groups is 1. The first-order chi connectivity index (χ1) is 14.8. The third-order valence-electron chi connectivity index (χ3n) is 4.97. The maximum absolute atomic E-state index is 13.5. The first-order valence-corrected chi connectivity index (χ1v) is 9.63. The van der Waals surface area contributed by atoms with Crippen LogP contribution in [0.5, 0.6) is 5.88 Å². The number of methoxy groups -OCH3 is 1. The highest BCUT2D eigenvalue weighted by molar-refractivity contribution is 6.31. The second kappa shape index (κ2) is 9.52. The van der Waals surface area contributed by atoms with Crippen LogP contribution in [0.2, 0.25) is 5.02 Å². The van der Waals surface area contributed by atoms with E-state index in [0.717, 1.165) is 0 Å². The Morgan fingerprint density at radius 3 is 2.71 bits per heavy atom. The summed E-state index contributed by atoms with van der Waals surface area (Å²) in [7, 11) is 1.42. The highest BCUT2D eigenvalue weighted by Crippen LogP contribution is 2.40. The molecule has 1 aromatic carbocycles. The first kappa shape index (κ1) is 22.8. The van der Waals surface area contributed by atoms with Gasteiger partial charge in [0.2, 0.25) is 12.7 Å². The zero-order chi connectivity index (χ0) is 22.6. The van der Waals surface area contributed by atoms with E-state index >= 15 is 0 Å². The Morgan fingerprint density at radius 1 is 1.32 bits per heavy atom. The predicted molar refractivity (Wildman–Crippen MR) is 109 cm³/mol. The number of nitrogens with zero attached hydrogens (tertiary/aromatic N) is 3. The van der Waals surface area contributed by atoms with Crippen molar-refractivity contribution in [2.24, 2.45) is 10.7 Å². The van der Waals surface area contributed by atoms with Crippen LogP contribution in [0.3, 0.4) is 0 Å². The molecule has 0 unspecified atom stereocenters. The molecule has 2 N–H and O–H groups in total. The van der Waals surface area contributed by atoms with Crippen molar-refractivity contribution in [3.63, 3.8) is 0 Å². The van der Waals surface area contributed by atoms with Gasteiger partial charge in [-0.15, -0.1) is 0 Å². The molecule has 0 amide bonds. The zero-order valence-corrected chi connectivity index (χ0v) is 17.6. The molecule has 11 heteroatoms. The average Bonchev–Trinajstić information content (AvgIpc) is 2.75. The smallest absolute Gasteiger partial charge is 0.283 e. The van der Waals surface area contributed by atoms with Crippen molar-refractivity contribution in [3.05, 3.63) is 52.4 Å². The van der Waals surface area contributed by atoms with Crippen LogP contribution in [0, 0.1) is 0 Å². The average molecular weight is 455 g/mol. The summed E-state index contributed by atoms with van der Waals surface area (Å²) in [5.74, 6) is -0.346. The van der Waals surface area contributed by atoms with Crippen LogP contribution in [0.25, 0.3) is 0 Å². The van der Waals surface area contributed by atoms with Crippen LogP contribution < -0.4 is 10.5 Å². The summed E-state index contributed by atoms with van der Waals surface area (Å²) in [6.07, 6.45) is 0.595. The number of aromatic nitrogens is 2. The molecule has 0 fully saturated rings. The Balaban J connectivity index is 1.90. The molecule has 0 bridgehead atoms. The van der Waals surface area contributed by atoms with Crippen LogP contribution in [-0.2, 0) is 21.4 Å². The minimum atomic E-state index is -1.14. The highest BCUT2D eigenvalue weighted by Gasteiger charge is 2.47. The van der Waals surface area contributed by atoms with Crippen molar-refractivity contribution >= 4 is 23.4 Å². The van der Waals surface area contributed by atoms with Gasteiger partial charge in [0.15, 0.2) is 11.9 Å². The summed E-state index contributed by atoms with van der Waals surface area (Å²) >= 11 is 6.43. The zero-order valence-electron chi connectivity index (χ0n) is 16.8. The number of nitrogens with two attached hydrogens (primary N) is 1. The Kier molecular flexibility index (Phi) is 7.01. The van der Waals surface area contributed by atoms with E-state index < -0.39 is 31.3 Å². The number of hydrogen-bond donors (Lipinski definition) is 1. The number of ether oxygens (including phenoxy) is 3. The van der Waals surface area contributed by atoms with Crippen LogP contribution in [0.4, 0.5) is 8.78 Å². The van der Waals surface area contributed by atoms with Crippen LogP contribution >= 0.6 is 11.6 Å². The number of rotatable bonds is 8. The summed E-state index contributed by atoms with van der Waals surface area (Å²) < 4.78 is 41.0. The molecule has 2 aromatic rings. The Morgan fingerprint density at radius 2 is 2.10 bits per heavy atom. The number of carbonyl (C=O) groups excluding carboxylic acids is 1. The monoisotopic (exact) mass is 454 g/mol. The summed E-state index contributed by atoms with van der Waals surface area (Å²) in [5.41, 5.74) is 5.84. The lowest BCUT2D eigenvalue weighted by atomic mass is 9.82. The maximum atomic E-state index is 13.5. The molecule has 2 heterocycles. The molecule has 0 saturated heterocycles. The molecule has 3 rings (SSSR count). The van der Waals surface area contributed by atoms with E-state index in [-0.39, 0.29) is 29.8 Å². The largest absolute Gasteiger partial charge is 0.456 e. The van der Waals surface area contributed by atoms with Crippen molar-refractivity contribution in [1.29, 1.82) is 0 Å². The molecular weight excluding hydrogens is 434 g/mol. The van der Waals surface area contributed by atoms with Crippen LogP contribution in [0.1, 0.15) is 28.5 Å². The fraction of sp³-hybridized carbons (Fsp3) is 0.400. The van der Waals surface area contributed by atoms with E-state index in [0.29, 0.717) is 16.1 Å². The topological polar surface area (TPSA) is 109 Å². The van der Waals surface area contributed by atoms with Gasteiger partial charge in [0.25, 0.3) is 6.02 Å². The Labute approximate surface area is 182 Å². The number of benzene rings is 1. The lowest BCUT2D eigenvalue weighted by Gasteiger charge is -2.41. The van der Waals surface area contributed by atoms with Crippen molar-refractivity contribution in [2.45, 2.75) is 31.1 Å². The second-order valence-corrected chi connectivity index (χ2v) is 7.38. The van der Waals surface area contributed by atoms with E-state index in [1.54, 1.807) is 25.1 Å². The third kappa shape index (κ3) is 4.75. The summed E-state index contributed by atoms with van der Waals surface area (Å²) in [6, 6.07) is 4.81. The van der Waals surface area contributed by atoms with E-state index in [4.69, 9.17) is 26.8 Å². The van der Waals surface area contributed by atoms with Crippen molar-refractivity contribution in [3.8, 4) is 5.88 Å². The van der Waals surface area contributed by atoms with E-state index in [9.17, 15) is 13.6 Å². The molecule has 0 aliphatic carbocycles. The molecule has 3 atom stereocenters. The van der Waals surface area contributed by atoms with Crippen LogP contribution in [0.15, 0.2) is 35.6 Å². The number of amidine groups is 1. The molecule has 166 valence electrons. The standard InChI is InChI=1S/C20H21ClF2N4O4/c1-20(18(29-2)16(7-22)31-19(24)27-20)12-5-11(3-4-13(12)21)6-15(28)14-8-26-17(9-25-14)30-10-23/h3-5,8-9,16,18H,6-7,10H2,1-2H3,(H2,24,27)/t16-,18+,20-/m1/s1. The second-order valence-electron chi connectivity index (χ2n) is 6.97. The molecule has 1 aliphatic heterocycles. The highest BCUT2D eigenvalue weighted by atomic mass is 35.5. The number of carbonyl (C=O) groups is 1. The fourth-order valence-corrected chi connectivity index (χ4v) is 3.85. The van der Waals surface area contributed by atoms with E-state index in [1.165, 1.54) is 19.5 Å². The van der Waals surface area contributed by atoms with Gasteiger partial charge in [-0.3, -0.25) is 4.79 Å². The minimum Gasteiger partial charge on any atom is -0.456 e. The van der Waals surface area contributed by atoms with Crippen molar-refractivity contribution in [2.75, 3.05) is 20.6 Å². The van der Waals surface area contributed by atoms with Crippen LogP contribution in [-0.4, -0.2) is 54.6 Å². The van der Waals surface area contributed by atoms with Gasteiger partial charge in [-0.25, -0.2) is 23.7 Å². The number of hydrogen-bond acceptors (Lipinski definition) is 8. The summed E-state index contributed by atoms with van der Waals surface area (Å²) in [4.78, 5) is 24.7. The van der Waals surface area contributed by atoms with Gasteiger partial charge in [0.05, 0.1) is 12.4 Å². The predicted octanol–water partition coefficient (Wildman–Crippen LogP) is 2.77. The Hall–Kier alpha value is -2.85. The lowest BCUT2D eigenvalue weighted by Crippen LogP contribution is -2.53.